The number of phosphoric acid groups is 2. The lowest BCUT2D eigenvalue weighted by atomic mass is 9.99. The quantitative estimate of drug-likeness (QED) is 0.0222. The van der Waals surface area contributed by atoms with Crippen LogP contribution in [0.1, 0.15) is 446 Å². The molecule has 19 heteroatoms. The number of hydrogen-bond donors (Lipinski definition) is 3. The molecular formula is C84H164O17P2. The van der Waals surface area contributed by atoms with Crippen LogP contribution in [0.25, 0.3) is 0 Å². The third-order valence-corrected chi connectivity index (χ3v) is 22.0. The van der Waals surface area contributed by atoms with Crippen molar-refractivity contribution < 1.29 is 80.2 Å². The first-order valence-electron chi connectivity index (χ1n) is 43.5. The van der Waals surface area contributed by atoms with Crippen LogP contribution in [0, 0.1) is 11.8 Å². The van der Waals surface area contributed by atoms with Gasteiger partial charge in [0.2, 0.25) is 0 Å². The van der Waals surface area contributed by atoms with Gasteiger partial charge < -0.3 is 33.8 Å². The van der Waals surface area contributed by atoms with Crippen molar-refractivity contribution in [1.82, 2.24) is 0 Å². The second kappa shape index (κ2) is 75.5. The van der Waals surface area contributed by atoms with E-state index in [1.54, 1.807) is 0 Å². The van der Waals surface area contributed by atoms with Crippen LogP contribution in [-0.4, -0.2) is 96.7 Å². The fraction of sp³-hybridized carbons (Fsp3) is 0.952. The highest BCUT2D eigenvalue weighted by molar-refractivity contribution is 7.47. The third-order valence-electron chi connectivity index (χ3n) is 20.1. The Balaban J connectivity index is 5.19. The number of rotatable bonds is 83. The number of esters is 4. The number of phosphoric ester groups is 2. The number of hydrogen-bond acceptors (Lipinski definition) is 15. The van der Waals surface area contributed by atoms with E-state index in [0.29, 0.717) is 25.7 Å². The van der Waals surface area contributed by atoms with Gasteiger partial charge in [-0.15, -0.1) is 0 Å². The Hall–Kier alpha value is -1.94. The van der Waals surface area contributed by atoms with E-state index in [1.807, 2.05) is 0 Å². The molecule has 6 atom stereocenters. The molecule has 0 aromatic carbocycles. The summed E-state index contributed by atoms with van der Waals surface area (Å²) in [5.41, 5.74) is 0. The van der Waals surface area contributed by atoms with E-state index in [2.05, 4.69) is 41.5 Å². The standard InChI is InChI=1S/C84H164O17P2/c1-7-10-12-14-16-18-19-20-21-22-23-24-25-26-27-28-33-39-44-50-56-62-68-83(88)101-80(73-95-82(87)67-61-55-49-43-38-32-30-29-31-37-42-47-53-59-65-77(6)9-3)75-99-103(92,93)97-71-78(85)70-96-102(90,91)98-74-79(72-94-81(86)66-60-54-48-17-15-13-11-8-2)100-84(89)69-63-57-51-45-40-35-34-36-41-46-52-58-64-76(4)5/h76-80,85H,7-75H2,1-6H3,(H,90,91)(H,92,93)/t77?,78-,79+,80+/m0/s1. The van der Waals surface area contributed by atoms with E-state index in [9.17, 15) is 43.2 Å². The fourth-order valence-electron chi connectivity index (χ4n) is 13.0. The first kappa shape index (κ1) is 101. The monoisotopic (exact) mass is 1510 g/mol. The summed E-state index contributed by atoms with van der Waals surface area (Å²) in [5, 5.41) is 10.6. The van der Waals surface area contributed by atoms with E-state index in [0.717, 1.165) is 108 Å². The molecule has 0 saturated heterocycles. The molecule has 0 rings (SSSR count). The Morgan fingerprint density at radius 2 is 0.495 bits per heavy atom. The first-order valence-corrected chi connectivity index (χ1v) is 46.5. The summed E-state index contributed by atoms with van der Waals surface area (Å²) in [6.07, 6.45) is 66.7. The number of aliphatic hydroxyl groups is 1. The van der Waals surface area contributed by atoms with Gasteiger partial charge in [0.05, 0.1) is 26.4 Å². The molecule has 0 saturated carbocycles. The molecule has 0 aliphatic rings. The van der Waals surface area contributed by atoms with Crippen molar-refractivity contribution in [2.24, 2.45) is 11.8 Å². The molecule has 17 nitrogen and oxygen atoms in total. The molecule has 0 aromatic rings. The molecule has 612 valence electrons. The summed E-state index contributed by atoms with van der Waals surface area (Å²) in [6.45, 7) is 9.69. The van der Waals surface area contributed by atoms with E-state index < -0.39 is 97.5 Å². The van der Waals surface area contributed by atoms with E-state index >= 15 is 0 Å². The van der Waals surface area contributed by atoms with Crippen molar-refractivity contribution in [2.75, 3.05) is 39.6 Å². The summed E-state index contributed by atoms with van der Waals surface area (Å²) in [7, 11) is -9.92. The maximum Gasteiger partial charge on any atom is 0.472 e. The Bertz CT molecular complexity index is 1980. The second-order valence-corrected chi connectivity index (χ2v) is 33.8. The van der Waals surface area contributed by atoms with Gasteiger partial charge in [-0.3, -0.25) is 37.3 Å². The van der Waals surface area contributed by atoms with Gasteiger partial charge in [-0.1, -0.05) is 395 Å². The van der Waals surface area contributed by atoms with Crippen molar-refractivity contribution in [3.63, 3.8) is 0 Å². The van der Waals surface area contributed by atoms with Gasteiger partial charge in [-0.05, 0) is 37.5 Å². The predicted octanol–water partition coefficient (Wildman–Crippen LogP) is 25.5. The van der Waals surface area contributed by atoms with Gasteiger partial charge in [0.15, 0.2) is 12.2 Å². The van der Waals surface area contributed by atoms with Crippen molar-refractivity contribution in [3.05, 3.63) is 0 Å². The topological polar surface area (TPSA) is 237 Å². The summed E-state index contributed by atoms with van der Waals surface area (Å²) in [4.78, 5) is 73.0. The largest absolute Gasteiger partial charge is 0.472 e. The molecule has 0 heterocycles. The minimum atomic E-state index is -4.96. The molecule has 0 aliphatic heterocycles. The molecule has 0 spiro atoms. The maximum absolute atomic E-state index is 13.1. The van der Waals surface area contributed by atoms with Crippen molar-refractivity contribution in [1.29, 1.82) is 0 Å². The van der Waals surface area contributed by atoms with Gasteiger partial charge in [0.1, 0.15) is 19.3 Å². The zero-order valence-corrected chi connectivity index (χ0v) is 69.4. The van der Waals surface area contributed by atoms with Crippen LogP contribution >= 0.6 is 15.6 Å². The summed E-state index contributed by atoms with van der Waals surface area (Å²) in [5.74, 6) is -0.481. The Kier molecular flexibility index (Phi) is 74.1. The van der Waals surface area contributed by atoms with Crippen LogP contribution in [0.15, 0.2) is 0 Å². The third kappa shape index (κ3) is 76.6. The van der Waals surface area contributed by atoms with Crippen LogP contribution in [-0.2, 0) is 65.4 Å². The number of carbonyl (C=O) groups is 4. The fourth-order valence-corrected chi connectivity index (χ4v) is 14.6. The Morgan fingerprint density at radius 1 is 0.282 bits per heavy atom. The number of ether oxygens (including phenoxy) is 4. The van der Waals surface area contributed by atoms with Crippen LogP contribution in [0.2, 0.25) is 0 Å². The highest BCUT2D eigenvalue weighted by atomic mass is 31.2. The average Bonchev–Trinajstić information content (AvgIpc) is 0.958. The van der Waals surface area contributed by atoms with Gasteiger partial charge in [0.25, 0.3) is 0 Å². The van der Waals surface area contributed by atoms with Crippen LogP contribution < -0.4 is 0 Å². The molecule has 3 unspecified atom stereocenters. The Labute approximate surface area is 632 Å². The van der Waals surface area contributed by atoms with Crippen molar-refractivity contribution >= 4 is 39.5 Å². The highest BCUT2D eigenvalue weighted by Gasteiger charge is 2.30. The first-order chi connectivity index (χ1) is 49.9. The van der Waals surface area contributed by atoms with E-state index in [-0.39, 0.29) is 25.7 Å². The molecule has 3 N–H and O–H groups in total. The van der Waals surface area contributed by atoms with Crippen LogP contribution in [0.3, 0.4) is 0 Å². The molecule has 103 heavy (non-hydrogen) atoms. The van der Waals surface area contributed by atoms with Crippen molar-refractivity contribution in [3.8, 4) is 0 Å². The lowest BCUT2D eigenvalue weighted by Crippen LogP contribution is -2.30. The average molecular weight is 1510 g/mol. The van der Waals surface area contributed by atoms with E-state index in [4.69, 9.17) is 37.0 Å². The summed E-state index contributed by atoms with van der Waals surface area (Å²) in [6, 6.07) is 0. The number of aliphatic hydroxyl groups excluding tert-OH is 1. The predicted molar refractivity (Wildman–Crippen MR) is 423 cm³/mol. The summed E-state index contributed by atoms with van der Waals surface area (Å²) >= 11 is 0. The van der Waals surface area contributed by atoms with Crippen LogP contribution in [0.4, 0.5) is 0 Å². The smallest absolute Gasteiger partial charge is 0.462 e. The van der Waals surface area contributed by atoms with Crippen LogP contribution in [0.5, 0.6) is 0 Å². The molecule has 0 aliphatic carbocycles. The van der Waals surface area contributed by atoms with Crippen molar-refractivity contribution in [2.45, 2.75) is 464 Å². The maximum atomic E-state index is 13.1. The van der Waals surface area contributed by atoms with E-state index in [1.165, 1.54) is 257 Å². The van der Waals surface area contributed by atoms with Gasteiger partial charge in [-0.2, -0.15) is 0 Å². The summed E-state index contributed by atoms with van der Waals surface area (Å²) < 4.78 is 68.7. The zero-order valence-electron chi connectivity index (χ0n) is 67.6. The lowest BCUT2D eigenvalue weighted by Gasteiger charge is -2.21. The van der Waals surface area contributed by atoms with Gasteiger partial charge in [-0.25, -0.2) is 9.13 Å². The Morgan fingerprint density at radius 3 is 0.738 bits per heavy atom. The lowest BCUT2D eigenvalue weighted by molar-refractivity contribution is -0.161. The molecular weight excluding hydrogens is 1340 g/mol. The van der Waals surface area contributed by atoms with Gasteiger partial charge in [0, 0.05) is 25.7 Å². The SMILES string of the molecule is CCCCCCCCCCCCCCCCCCCCCCCCC(=O)O[C@H](COC(=O)CCCCCCCCCCCCCCCCC(C)CC)COP(=O)(O)OC[C@@H](O)COP(=O)(O)OC[C@@H](COC(=O)CCCCCCCCCC)OC(=O)CCCCCCCCCCCCCCC(C)C. The number of unbranched alkanes of at least 4 members (excludes halogenated alkanes) is 52. The molecule has 0 amide bonds. The molecule has 0 radical (unpaired) electrons. The normalized spacial score (nSPS) is 14.1. The minimum absolute atomic E-state index is 0.107. The van der Waals surface area contributed by atoms with Gasteiger partial charge >= 0.3 is 39.5 Å². The zero-order chi connectivity index (χ0) is 75.6. The molecule has 0 aromatic heterocycles. The second-order valence-electron chi connectivity index (χ2n) is 30.9. The molecule has 0 bridgehead atoms. The highest BCUT2D eigenvalue weighted by Crippen LogP contribution is 2.45. The number of carbonyl (C=O) groups excluding carboxylic acids is 4. The minimum Gasteiger partial charge on any atom is -0.462 e. The molecule has 0 fully saturated rings.